The number of aliphatic hydroxyl groups excluding tert-OH is 1. The molecule has 19 heavy (non-hydrogen) atoms. The molecule has 1 saturated heterocycles. The molecule has 0 saturated carbocycles. The summed E-state index contributed by atoms with van der Waals surface area (Å²) in [4.78, 5) is 28.1. The Labute approximate surface area is 109 Å². The van der Waals surface area contributed by atoms with Crippen molar-refractivity contribution in [2.75, 3.05) is 11.9 Å². The molecule has 102 valence electrons. The molecule has 2 amide bonds. The van der Waals surface area contributed by atoms with Crippen molar-refractivity contribution < 1.29 is 19.8 Å². The first-order chi connectivity index (χ1) is 8.97. The zero-order valence-electron chi connectivity index (χ0n) is 10.4. The van der Waals surface area contributed by atoms with Crippen LogP contribution in [0.3, 0.4) is 0 Å². The Hall–Kier alpha value is -2.15. The molecule has 2 heterocycles. The molecule has 2 atom stereocenters. The Morgan fingerprint density at radius 3 is 2.84 bits per heavy atom. The van der Waals surface area contributed by atoms with Crippen molar-refractivity contribution in [3.63, 3.8) is 0 Å². The maximum atomic E-state index is 12.0. The van der Waals surface area contributed by atoms with Crippen molar-refractivity contribution in [3.05, 3.63) is 24.0 Å². The van der Waals surface area contributed by atoms with Gasteiger partial charge in [-0.15, -0.1) is 0 Å². The molecule has 7 nitrogen and oxygen atoms in total. The Bertz CT molecular complexity index is 506. The Kier molecular flexibility index (Phi) is 3.66. The van der Waals surface area contributed by atoms with Gasteiger partial charge in [0.2, 0.25) is 0 Å². The van der Waals surface area contributed by atoms with Crippen LogP contribution in [0.15, 0.2) is 18.5 Å². The number of rotatable bonds is 2. The van der Waals surface area contributed by atoms with Crippen LogP contribution in [0.1, 0.15) is 12.0 Å². The minimum atomic E-state index is -1.12. The lowest BCUT2D eigenvalue weighted by Crippen LogP contribution is -2.43. The van der Waals surface area contributed by atoms with Gasteiger partial charge in [-0.3, -0.25) is 4.98 Å². The quantitative estimate of drug-likeness (QED) is 0.720. The van der Waals surface area contributed by atoms with E-state index in [0.29, 0.717) is 5.69 Å². The number of likely N-dealkylation sites (tertiary alicyclic amines) is 1. The van der Waals surface area contributed by atoms with Gasteiger partial charge in [-0.2, -0.15) is 0 Å². The third-order valence-electron chi connectivity index (χ3n) is 2.95. The second-order valence-electron chi connectivity index (χ2n) is 4.58. The number of anilines is 1. The highest BCUT2D eigenvalue weighted by Crippen LogP contribution is 2.19. The molecule has 0 aliphatic carbocycles. The molecule has 1 aliphatic rings. The van der Waals surface area contributed by atoms with Gasteiger partial charge < -0.3 is 20.4 Å². The van der Waals surface area contributed by atoms with Crippen LogP contribution in [0.2, 0.25) is 0 Å². The Morgan fingerprint density at radius 2 is 2.21 bits per heavy atom. The number of hydrogen-bond acceptors (Lipinski definition) is 4. The van der Waals surface area contributed by atoms with Crippen LogP contribution in [0, 0.1) is 6.92 Å². The van der Waals surface area contributed by atoms with Crippen molar-refractivity contribution in [2.45, 2.75) is 25.5 Å². The summed E-state index contributed by atoms with van der Waals surface area (Å²) in [6, 6.07) is 0.191. The zero-order chi connectivity index (χ0) is 14.0. The maximum Gasteiger partial charge on any atom is 0.326 e. The summed E-state index contributed by atoms with van der Waals surface area (Å²) in [6.07, 6.45) is 2.37. The van der Waals surface area contributed by atoms with E-state index in [9.17, 15) is 14.7 Å². The van der Waals surface area contributed by atoms with E-state index in [2.05, 4.69) is 10.3 Å². The summed E-state index contributed by atoms with van der Waals surface area (Å²) in [5.74, 6) is -1.12. The van der Waals surface area contributed by atoms with Crippen molar-refractivity contribution in [1.29, 1.82) is 0 Å². The normalized spacial score (nSPS) is 22.3. The first-order valence-electron chi connectivity index (χ1n) is 5.87. The molecule has 0 spiro atoms. The zero-order valence-corrected chi connectivity index (χ0v) is 10.4. The summed E-state index contributed by atoms with van der Waals surface area (Å²) in [7, 11) is 0. The molecular weight excluding hydrogens is 250 g/mol. The predicted octanol–water partition coefficient (Wildman–Crippen LogP) is 0.442. The van der Waals surface area contributed by atoms with E-state index in [1.807, 2.05) is 6.92 Å². The van der Waals surface area contributed by atoms with E-state index in [1.165, 1.54) is 6.20 Å². The van der Waals surface area contributed by atoms with Gasteiger partial charge in [0.15, 0.2) is 0 Å². The van der Waals surface area contributed by atoms with Crippen LogP contribution >= 0.6 is 0 Å². The molecule has 1 aromatic rings. The first kappa shape index (κ1) is 13.3. The topological polar surface area (TPSA) is 103 Å². The average Bonchev–Trinajstić information content (AvgIpc) is 2.71. The molecule has 1 aliphatic heterocycles. The number of β-amino-alcohol motifs (C(OH)–C–C–N with tert-alkyl or cyclic N) is 1. The van der Waals surface area contributed by atoms with E-state index in [-0.39, 0.29) is 13.0 Å². The van der Waals surface area contributed by atoms with E-state index in [0.717, 1.165) is 10.5 Å². The van der Waals surface area contributed by atoms with Crippen LogP contribution in [0.4, 0.5) is 10.5 Å². The summed E-state index contributed by atoms with van der Waals surface area (Å²) in [5, 5.41) is 21.1. The molecule has 7 heteroatoms. The number of hydrogen-bond donors (Lipinski definition) is 3. The lowest BCUT2D eigenvalue weighted by Gasteiger charge is -2.21. The van der Waals surface area contributed by atoms with Gasteiger partial charge in [-0.1, -0.05) is 0 Å². The van der Waals surface area contributed by atoms with Crippen molar-refractivity contribution >= 4 is 17.7 Å². The largest absolute Gasteiger partial charge is 0.480 e. The van der Waals surface area contributed by atoms with Gasteiger partial charge in [-0.05, 0) is 18.6 Å². The number of carbonyl (C=O) groups is 2. The highest BCUT2D eigenvalue weighted by Gasteiger charge is 2.38. The second-order valence-corrected chi connectivity index (χ2v) is 4.58. The highest BCUT2D eigenvalue weighted by molar-refractivity contribution is 5.92. The summed E-state index contributed by atoms with van der Waals surface area (Å²) in [6.45, 7) is 1.85. The number of nitrogens with one attached hydrogen (secondary N) is 1. The molecule has 0 radical (unpaired) electrons. The number of aromatic nitrogens is 1. The molecule has 1 aromatic heterocycles. The van der Waals surface area contributed by atoms with Crippen LogP contribution in [-0.2, 0) is 4.79 Å². The van der Waals surface area contributed by atoms with Gasteiger partial charge in [0.25, 0.3) is 0 Å². The number of carbonyl (C=O) groups excluding carboxylic acids is 1. The van der Waals surface area contributed by atoms with Gasteiger partial charge in [-0.25, -0.2) is 9.59 Å². The number of amides is 2. The Morgan fingerprint density at radius 1 is 1.47 bits per heavy atom. The standard InChI is InChI=1S/C12H15N3O4/c1-7-2-8(5-13-4-7)14-12(19)15-6-9(16)3-10(15)11(17)18/h2,4-5,9-10,16H,3,6H2,1H3,(H,14,19)(H,17,18)/t9-,10+/m1/s1. The second kappa shape index (κ2) is 5.23. The molecular formula is C12H15N3O4. The van der Waals surface area contributed by atoms with Crippen LogP contribution < -0.4 is 5.32 Å². The highest BCUT2D eigenvalue weighted by atomic mass is 16.4. The molecule has 0 bridgehead atoms. The number of carboxylic acid groups (broad SMARTS) is 1. The van der Waals surface area contributed by atoms with Gasteiger partial charge in [0.1, 0.15) is 6.04 Å². The third-order valence-corrected chi connectivity index (χ3v) is 2.95. The number of carboxylic acids is 1. The number of urea groups is 1. The van der Waals surface area contributed by atoms with Crippen LogP contribution in [0.25, 0.3) is 0 Å². The lowest BCUT2D eigenvalue weighted by atomic mass is 10.2. The average molecular weight is 265 g/mol. The van der Waals surface area contributed by atoms with Gasteiger partial charge in [0.05, 0.1) is 18.0 Å². The third kappa shape index (κ3) is 3.00. The smallest absolute Gasteiger partial charge is 0.326 e. The number of aliphatic carboxylic acids is 1. The predicted molar refractivity (Wildman–Crippen MR) is 66.7 cm³/mol. The maximum absolute atomic E-state index is 12.0. The number of aliphatic hydroxyl groups is 1. The van der Waals surface area contributed by atoms with Gasteiger partial charge >= 0.3 is 12.0 Å². The minimum absolute atomic E-state index is 0.0159. The van der Waals surface area contributed by atoms with E-state index >= 15 is 0 Å². The summed E-state index contributed by atoms with van der Waals surface area (Å²) < 4.78 is 0. The molecule has 2 rings (SSSR count). The SMILES string of the molecule is Cc1cncc(NC(=O)N2C[C@H](O)C[C@H]2C(=O)O)c1. The van der Waals surface area contributed by atoms with Crippen molar-refractivity contribution in [3.8, 4) is 0 Å². The fraction of sp³-hybridized carbons (Fsp3) is 0.417. The van der Waals surface area contributed by atoms with Crippen LogP contribution in [0.5, 0.6) is 0 Å². The fourth-order valence-electron chi connectivity index (χ4n) is 2.09. The summed E-state index contributed by atoms with van der Waals surface area (Å²) >= 11 is 0. The first-order valence-corrected chi connectivity index (χ1v) is 5.87. The van der Waals surface area contributed by atoms with Crippen molar-refractivity contribution in [1.82, 2.24) is 9.88 Å². The number of pyridine rings is 1. The molecule has 0 aromatic carbocycles. The number of aryl methyl sites for hydroxylation is 1. The van der Waals surface area contributed by atoms with Crippen LogP contribution in [-0.4, -0.2) is 50.8 Å². The Balaban J connectivity index is 2.09. The van der Waals surface area contributed by atoms with E-state index in [4.69, 9.17) is 5.11 Å². The monoisotopic (exact) mass is 265 g/mol. The summed E-state index contributed by atoms with van der Waals surface area (Å²) in [5.41, 5.74) is 1.38. The van der Waals surface area contributed by atoms with Crippen molar-refractivity contribution in [2.24, 2.45) is 0 Å². The minimum Gasteiger partial charge on any atom is -0.480 e. The van der Waals surface area contributed by atoms with E-state index in [1.54, 1.807) is 12.3 Å². The molecule has 3 N–H and O–H groups in total. The molecule has 1 fully saturated rings. The lowest BCUT2D eigenvalue weighted by molar-refractivity contribution is -0.141. The number of nitrogens with zero attached hydrogens (tertiary/aromatic N) is 2. The van der Waals surface area contributed by atoms with Gasteiger partial charge in [0, 0.05) is 19.2 Å². The fourth-order valence-corrected chi connectivity index (χ4v) is 2.09. The van der Waals surface area contributed by atoms with E-state index < -0.39 is 24.1 Å². The molecule has 0 unspecified atom stereocenters.